The summed E-state index contributed by atoms with van der Waals surface area (Å²) in [4.78, 5) is 26.9. The van der Waals surface area contributed by atoms with Crippen molar-refractivity contribution in [1.82, 2.24) is 15.0 Å². The summed E-state index contributed by atoms with van der Waals surface area (Å²) >= 11 is 0. The van der Waals surface area contributed by atoms with E-state index in [1.807, 2.05) is 73.7 Å². The lowest BCUT2D eigenvalue weighted by atomic mass is 9.91. The fraction of sp³-hybridized carbons (Fsp3) is 0.0714. The van der Waals surface area contributed by atoms with Crippen molar-refractivity contribution in [3.63, 3.8) is 0 Å². The highest BCUT2D eigenvalue weighted by molar-refractivity contribution is 6.16. The molecule has 0 N–H and O–H groups in total. The SMILES string of the molecule is Cc1ccc2nc(C)c(C(=O)C=Cc3ccc4nccnc4c3)c(-c3ccccc3)c2c1. The van der Waals surface area contributed by atoms with E-state index in [9.17, 15) is 4.79 Å². The lowest BCUT2D eigenvalue weighted by molar-refractivity contribution is 0.104. The summed E-state index contributed by atoms with van der Waals surface area (Å²) < 4.78 is 0. The first-order chi connectivity index (χ1) is 15.6. The highest BCUT2D eigenvalue weighted by Gasteiger charge is 2.19. The van der Waals surface area contributed by atoms with Crippen molar-refractivity contribution in [3.05, 3.63) is 108 Å². The van der Waals surface area contributed by atoms with Crippen LogP contribution < -0.4 is 0 Å². The Labute approximate surface area is 186 Å². The molecule has 0 fully saturated rings. The first-order valence-corrected chi connectivity index (χ1v) is 10.5. The van der Waals surface area contributed by atoms with E-state index in [1.165, 1.54) is 0 Å². The minimum Gasteiger partial charge on any atom is -0.289 e. The average molecular weight is 415 g/mol. The zero-order valence-corrected chi connectivity index (χ0v) is 17.9. The molecular weight excluding hydrogens is 394 g/mol. The molecule has 0 aliphatic heterocycles. The molecule has 0 unspecified atom stereocenters. The predicted octanol–water partition coefficient (Wildman–Crippen LogP) is 6.36. The molecule has 2 aromatic heterocycles. The second-order valence-corrected chi connectivity index (χ2v) is 7.84. The summed E-state index contributed by atoms with van der Waals surface area (Å²) in [6.07, 6.45) is 6.78. The monoisotopic (exact) mass is 415 g/mol. The second-order valence-electron chi connectivity index (χ2n) is 7.84. The van der Waals surface area contributed by atoms with Crippen LogP contribution in [0.5, 0.6) is 0 Å². The van der Waals surface area contributed by atoms with Crippen LogP contribution in [-0.4, -0.2) is 20.7 Å². The molecule has 5 aromatic rings. The zero-order chi connectivity index (χ0) is 22.1. The maximum atomic E-state index is 13.5. The van der Waals surface area contributed by atoms with Crippen LogP contribution in [0.1, 0.15) is 27.2 Å². The number of fused-ring (bicyclic) bond motifs is 2. The Morgan fingerprint density at radius 1 is 0.812 bits per heavy atom. The number of ketones is 1. The number of hydrogen-bond donors (Lipinski definition) is 0. The molecule has 0 saturated heterocycles. The molecule has 3 aromatic carbocycles. The first kappa shape index (κ1) is 19.8. The molecule has 32 heavy (non-hydrogen) atoms. The van der Waals surface area contributed by atoms with Crippen molar-refractivity contribution in [2.45, 2.75) is 13.8 Å². The van der Waals surface area contributed by atoms with Gasteiger partial charge in [0, 0.05) is 29.0 Å². The summed E-state index contributed by atoms with van der Waals surface area (Å²) in [5.74, 6) is -0.0727. The van der Waals surface area contributed by atoms with Gasteiger partial charge in [0.1, 0.15) is 0 Å². The highest BCUT2D eigenvalue weighted by atomic mass is 16.1. The van der Waals surface area contributed by atoms with Gasteiger partial charge in [-0.25, -0.2) is 0 Å². The molecule has 4 nitrogen and oxygen atoms in total. The smallest absolute Gasteiger partial charge is 0.188 e. The van der Waals surface area contributed by atoms with Gasteiger partial charge in [0.25, 0.3) is 0 Å². The lowest BCUT2D eigenvalue weighted by Crippen LogP contribution is -2.05. The summed E-state index contributed by atoms with van der Waals surface area (Å²) in [6, 6.07) is 22.0. The molecule has 2 heterocycles. The van der Waals surface area contributed by atoms with E-state index >= 15 is 0 Å². The Morgan fingerprint density at radius 2 is 1.56 bits per heavy atom. The third-order valence-electron chi connectivity index (χ3n) is 5.55. The summed E-state index contributed by atoms with van der Waals surface area (Å²) in [5, 5.41) is 0.986. The number of nitrogens with zero attached hydrogens (tertiary/aromatic N) is 3. The Bertz CT molecular complexity index is 1500. The number of carbonyl (C=O) groups excluding carboxylic acids is 1. The lowest BCUT2D eigenvalue weighted by Gasteiger charge is -2.14. The number of aromatic nitrogens is 3. The number of carbonyl (C=O) groups is 1. The summed E-state index contributed by atoms with van der Waals surface area (Å²) in [6.45, 7) is 3.95. The molecule has 0 aliphatic carbocycles. The van der Waals surface area contributed by atoms with Gasteiger partial charge in [-0.05, 0) is 55.3 Å². The van der Waals surface area contributed by atoms with Crippen LogP contribution >= 0.6 is 0 Å². The molecule has 0 saturated carbocycles. The standard InChI is InChI=1S/C28H21N3O/c1-18-8-11-23-22(16-18)28(21-6-4-3-5-7-21)27(19(2)31-23)26(32)13-10-20-9-12-24-25(17-20)30-15-14-29-24/h3-17H,1-2H3. The molecule has 0 aliphatic rings. The fourth-order valence-corrected chi connectivity index (χ4v) is 4.05. The third kappa shape index (κ3) is 3.67. The highest BCUT2D eigenvalue weighted by Crippen LogP contribution is 2.34. The van der Waals surface area contributed by atoms with Crippen molar-refractivity contribution in [2.75, 3.05) is 0 Å². The number of allylic oxidation sites excluding steroid dienone is 1. The third-order valence-corrected chi connectivity index (χ3v) is 5.55. The first-order valence-electron chi connectivity index (χ1n) is 10.5. The number of hydrogen-bond acceptors (Lipinski definition) is 4. The maximum Gasteiger partial charge on any atom is 0.188 e. The van der Waals surface area contributed by atoms with Crippen molar-refractivity contribution in [1.29, 1.82) is 0 Å². The van der Waals surface area contributed by atoms with Gasteiger partial charge in [0.15, 0.2) is 5.78 Å². The van der Waals surface area contributed by atoms with Crippen LogP contribution in [-0.2, 0) is 0 Å². The van der Waals surface area contributed by atoms with Crippen LogP contribution in [0.15, 0.2) is 85.2 Å². The van der Waals surface area contributed by atoms with Crippen LogP contribution in [0, 0.1) is 13.8 Å². The van der Waals surface area contributed by atoms with Gasteiger partial charge in [0.2, 0.25) is 0 Å². The van der Waals surface area contributed by atoms with Crippen molar-refractivity contribution in [3.8, 4) is 11.1 Å². The van der Waals surface area contributed by atoms with E-state index in [1.54, 1.807) is 18.5 Å². The number of benzene rings is 3. The average Bonchev–Trinajstić information content (AvgIpc) is 2.82. The Balaban J connectivity index is 1.64. The minimum absolute atomic E-state index is 0.0727. The molecule has 0 bridgehead atoms. The minimum atomic E-state index is -0.0727. The molecule has 154 valence electrons. The zero-order valence-electron chi connectivity index (χ0n) is 17.9. The number of rotatable bonds is 4. The Hall–Kier alpha value is -4.18. The van der Waals surface area contributed by atoms with Gasteiger partial charge in [-0.1, -0.05) is 54.1 Å². The molecule has 0 radical (unpaired) electrons. The van der Waals surface area contributed by atoms with E-state index in [4.69, 9.17) is 4.98 Å². The van der Waals surface area contributed by atoms with Crippen molar-refractivity contribution >= 4 is 33.8 Å². The molecule has 4 heteroatoms. The number of pyridine rings is 1. The van der Waals surface area contributed by atoms with Gasteiger partial charge in [-0.2, -0.15) is 0 Å². The van der Waals surface area contributed by atoms with Crippen molar-refractivity contribution < 1.29 is 4.79 Å². The Morgan fingerprint density at radius 3 is 2.38 bits per heavy atom. The van der Waals surface area contributed by atoms with Gasteiger partial charge in [-0.3, -0.25) is 19.7 Å². The quantitative estimate of drug-likeness (QED) is 0.253. The van der Waals surface area contributed by atoms with Gasteiger partial charge in [-0.15, -0.1) is 0 Å². The summed E-state index contributed by atoms with van der Waals surface area (Å²) in [5.41, 5.74) is 7.83. The molecule has 0 amide bonds. The summed E-state index contributed by atoms with van der Waals surface area (Å²) in [7, 11) is 0. The van der Waals surface area contributed by atoms with E-state index in [2.05, 4.69) is 23.0 Å². The van der Waals surface area contributed by atoms with Gasteiger partial charge < -0.3 is 0 Å². The predicted molar refractivity (Wildman–Crippen MR) is 130 cm³/mol. The van der Waals surface area contributed by atoms with E-state index in [0.717, 1.165) is 49.9 Å². The van der Waals surface area contributed by atoms with Crippen LogP contribution in [0.4, 0.5) is 0 Å². The molecular formula is C28H21N3O. The maximum absolute atomic E-state index is 13.5. The molecule has 0 atom stereocenters. The molecule has 0 spiro atoms. The normalized spacial score (nSPS) is 11.4. The van der Waals surface area contributed by atoms with E-state index in [-0.39, 0.29) is 5.78 Å². The molecule has 5 rings (SSSR count). The van der Waals surface area contributed by atoms with Crippen molar-refractivity contribution in [2.24, 2.45) is 0 Å². The fourth-order valence-electron chi connectivity index (χ4n) is 4.05. The van der Waals surface area contributed by atoms with Gasteiger partial charge in [0.05, 0.1) is 22.1 Å². The largest absolute Gasteiger partial charge is 0.289 e. The van der Waals surface area contributed by atoms with Crippen LogP contribution in [0.3, 0.4) is 0 Å². The number of aryl methyl sites for hydroxylation is 2. The second kappa shape index (κ2) is 8.16. The van der Waals surface area contributed by atoms with Crippen LogP contribution in [0.2, 0.25) is 0 Å². The van der Waals surface area contributed by atoms with E-state index < -0.39 is 0 Å². The topological polar surface area (TPSA) is 55.7 Å². The Kier molecular flexibility index (Phi) is 5.04. The van der Waals surface area contributed by atoms with Gasteiger partial charge >= 0.3 is 0 Å². The van der Waals surface area contributed by atoms with Crippen LogP contribution in [0.25, 0.3) is 39.1 Å². The van der Waals surface area contributed by atoms with E-state index in [0.29, 0.717) is 5.56 Å².